The van der Waals surface area contributed by atoms with Crippen molar-refractivity contribution in [2.24, 2.45) is 0 Å². The van der Waals surface area contributed by atoms with Crippen LogP contribution in [0.15, 0.2) is 12.7 Å². The third-order valence-electron chi connectivity index (χ3n) is 1.39. The lowest BCUT2D eigenvalue weighted by atomic mass is 10.3. The SMILES string of the molecule is C=CCCCOCCCS(=O)(=O)O. The molecule has 5 heteroatoms. The zero-order valence-corrected chi connectivity index (χ0v) is 8.42. The maximum atomic E-state index is 10.3. The van der Waals surface area contributed by atoms with Gasteiger partial charge in [0.2, 0.25) is 0 Å². The third-order valence-corrected chi connectivity index (χ3v) is 2.19. The molecule has 4 nitrogen and oxygen atoms in total. The van der Waals surface area contributed by atoms with Crippen LogP contribution in [-0.2, 0) is 14.9 Å². The second kappa shape index (κ2) is 7.06. The van der Waals surface area contributed by atoms with Gasteiger partial charge in [-0.05, 0) is 19.3 Å². The van der Waals surface area contributed by atoms with Crippen LogP contribution in [0, 0.1) is 0 Å². The van der Waals surface area contributed by atoms with E-state index in [2.05, 4.69) is 6.58 Å². The molecular weight excluding hydrogens is 192 g/mol. The van der Waals surface area contributed by atoms with Gasteiger partial charge in [-0.1, -0.05) is 6.08 Å². The van der Waals surface area contributed by atoms with E-state index in [1.807, 2.05) is 6.08 Å². The highest BCUT2D eigenvalue weighted by atomic mass is 32.2. The van der Waals surface area contributed by atoms with Crippen LogP contribution in [-0.4, -0.2) is 31.9 Å². The number of unbranched alkanes of at least 4 members (excludes halogenated alkanes) is 1. The fourth-order valence-electron chi connectivity index (χ4n) is 0.775. The van der Waals surface area contributed by atoms with Crippen molar-refractivity contribution in [1.29, 1.82) is 0 Å². The molecule has 0 bridgehead atoms. The van der Waals surface area contributed by atoms with Gasteiger partial charge in [0, 0.05) is 13.2 Å². The lowest BCUT2D eigenvalue weighted by Crippen LogP contribution is -2.07. The molecule has 0 atom stereocenters. The molecule has 0 aromatic heterocycles. The first-order chi connectivity index (χ1) is 6.06. The molecule has 0 heterocycles. The molecule has 0 radical (unpaired) electrons. The third kappa shape index (κ3) is 11.6. The van der Waals surface area contributed by atoms with E-state index < -0.39 is 10.1 Å². The van der Waals surface area contributed by atoms with Crippen molar-refractivity contribution in [2.75, 3.05) is 19.0 Å². The van der Waals surface area contributed by atoms with Gasteiger partial charge in [-0.25, -0.2) is 0 Å². The van der Waals surface area contributed by atoms with Crippen LogP contribution in [0.25, 0.3) is 0 Å². The van der Waals surface area contributed by atoms with Crippen LogP contribution >= 0.6 is 0 Å². The highest BCUT2D eigenvalue weighted by Gasteiger charge is 2.02. The molecule has 0 saturated heterocycles. The second-order valence-corrected chi connectivity index (χ2v) is 4.25. The molecule has 0 rings (SSSR count). The molecule has 0 aliphatic heterocycles. The summed E-state index contributed by atoms with van der Waals surface area (Å²) in [5, 5.41) is 0. The minimum atomic E-state index is -3.82. The summed E-state index contributed by atoms with van der Waals surface area (Å²) >= 11 is 0. The van der Waals surface area contributed by atoms with E-state index >= 15 is 0 Å². The summed E-state index contributed by atoms with van der Waals surface area (Å²) < 4.78 is 34.0. The Morgan fingerprint density at radius 3 is 2.46 bits per heavy atom. The van der Waals surface area contributed by atoms with Crippen LogP contribution in [0.1, 0.15) is 19.3 Å². The van der Waals surface area contributed by atoms with Crippen LogP contribution < -0.4 is 0 Å². The smallest absolute Gasteiger partial charge is 0.264 e. The second-order valence-electron chi connectivity index (χ2n) is 2.68. The predicted octanol–water partition coefficient (Wildman–Crippen LogP) is 1.25. The zero-order valence-electron chi connectivity index (χ0n) is 7.61. The summed E-state index contributed by atoms with van der Waals surface area (Å²) in [7, 11) is -3.82. The molecule has 0 saturated carbocycles. The molecular formula is C8H16O4S. The van der Waals surface area contributed by atoms with E-state index in [0.717, 1.165) is 12.8 Å². The molecule has 0 spiro atoms. The molecule has 0 amide bonds. The van der Waals surface area contributed by atoms with Crippen LogP contribution in [0.5, 0.6) is 0 Å². The Morgan fingerprint density at radius 2 is 1.92 bits per heavy atom. The first-order valence-electron chi connectivity index (χ1n) is 4.20. The first-order valence-corrected chi connectivity index (χ1v) is 5.81. The van der Waals surface area contributed by atoms with E-state index in [1.54, 1.807) is 0 Å². The maximum absolute atomic E-state index is 10.3. The molecule has 13 heavy (non-hydrogen) atoms. The van der Waals surface area contributed by atoms with Crippen molar-refractivity contribution in [3.8, 4) is 0 Å². The zero-order chi connectivity index (χ0) is 10.2. The molecule has 0 fully saturated rings. The minimum absolute atomic E-state index is 0.228. The van der Waals surface area contributed by atoms with Crippen molar-refractivity contribution in [2.45, 2.75) is 19.3 Å². The lowest BCUT2D eigenvalue weighted by Gasteiger charge is -2.01. The summed E-state index contributed by atoms with van der Waals surface area (Å²) in [5.41, 5.74) is 0. The Kier molecular flexibility index (Phi) is 6.84. The fraction of sp³-hybridized carbons (Fsp3) is 0.750. The summed E-state index contributed by atoms with van der Waals surface area (Å²) in [6.45, 7) is 4.54. The monoisotopic (exact) mass is 208 g/mol. The van der Waals surface area contributed by atoms with Crippen LogP contribution in [0.3, 0.4) is 0 Å². The Hall–Kier alpha value is -0.390. The van der Waals surface area contributed by atoms with E-state index in [1.165, 1.54) is 0 Å². The quantitative estimate of drug-likeness (QED) is 0.370. The first kappa shape index (κ1) is 12.6. The van der Waals surface area contributed by atoms with Gasteiger partial charge in [-0.3, -0.25) is 4.55 Å². The van der Waals surface area contributed by atoms with Gasteiger partial charge in [0.25, 0.3) is 10.1 Å². The average Bonchev–Trinajstić information content (AvgIpc) is 2.01. The number of ether oxygens (including phenoxy) is 1. The molecule has 0 aliphatic rings. The standard InChI is InChI=1S/C8H16O4S/c1-2-3-4-6-12-7-5-8-13(9,10)11/h2H,1,3-8H2,(H,9,10,11). The molecule has 0 aliphatic carbocycles. The highest BCUT2D eigenvalue weighted by molar-refractivity contribution is 7.85. The van der Waals surface area contributed by atoms with Gasteiger partial charge in [0.05, 0.1) is 5.75 Å². The number of allylic oxidation sites excluding steroid dienone is 1. The summed E-state index contributed by atoms with van der Waals surface area (Å²) in [5.74, 6) is -0.228. The maximum Gasteiger partial charge on any atom is 0.264 e. The van der Waals surface area contributed by atoms with Crippen molar-refractivity contribution >= 4 is 10.1 Å². The Labute approximate surface area is 79.3 Å². The lowest BCUT2D eigenvalue weighted by molar-refractivity contribution is 0.133. The molecule has 0 aromatic rings. The highest BCUT2D eigenvalue weighted by Crippen LogP contribution is 1.93. The molecule has 1 N–H and O–H groups in total. The number of rotatable bonds is 8. The van der Waals surface area contributed by atoms with Crippen molar-refractivity contribution in [3.63, 3.8) is 0 Å². The Balaban J connectivity index is 3.13. The largest absolute Gasteiger partial charge is 0.381 e. The molecule has 0 unspecified atom stereocenters. The van der Waals surface area contributed by atoms with Gasteiger partial charge in [-0.2, -0.15) is 8.42 Å². The van der Waals surface area contributed by atoms with Crippen molar-refractivity contribution < 1.29 is 17.7 Å². The van der Waals surface area contributed by atoms with E-state index in [9.17, 15) is 8.42 Å². The van der Waals surface area contributed by atoms with E-state index in [0.29, 0.717) is 19.6 Å². The van der Waals surface area contributed by atoms with Crippen LogP contribution in [0.2, 0.25) is 0 Å². The minimum Gasteiger partial charge on any atom is -0.381 e. The van der Waals surface area contributed by atoms with Gasteiger partial charge >= 0.3 is 0 Å². The van der Waals surface area contributed by atoms with Crippen molar-refractivity contribution in [3.05, 3.63) is 12.7 Å². The van der Waals surface area contributed by atoms with Crippen molar-refractivity contribution in [1.82, 2.24) is 0 Å². The predicted molar refractivity (Wildman–Crippen MR) is 51.3 cm³/mol. The Bertz CT molecular complexity index is 220. The van der Waals surface area contributed by atoms with E-state index in [4.69, 9.17) is 9.29 Å². The average molecular weight is 208 g/mol. The normalized spacial score (nSPS) is 11.5. The Morgan fingerprint density at radius 1 is 1.31 bits per heavy atom. The number of hydrogen-bond donors (Lipinski definition) is 1. The summed E-state index contributed by atoms with van der Waals surface area (Å²) in [4.78, 5) is 0. The number of hydrogen-bond acceptors (Lipinski definition) is 3. The van der Waals surface area contributed by atoms with Gasteiger partial charge in [0.15, 0.2) is 0 Å². The topological polar surface area (TPSA) is 63.6 Å². The summed E-state index contributed by atoms with van der Waals surface area (Å²) in [6, 6.07) is 0. The summed E-state index contributed by atoms with van der Waals surface area (Å²) in [6.07, 6.45) is 3.95. The van der Waals surface area contributed by atoms with Gasteiger partial charge in [0.1, 0.15) is 0 Å². The van der Waals surface area contributed by atoms with Crippen LogP contribution in [0.4, 0.5) is 0 Å². The van der Waals surface area contributed by atoms with Gasteiger partial charge in [-0.15, -0.1) is 6.58 Å². The molecule has 78 valence electrons. The molecule has 0 aromatic carbocycles. The fourth-order valence-corrected chi connectivity index (χ4v) is 1.26. The van der Waals surface area contributed by atoms with E-state index in [-0.39, 0.29) is 5.75 Å². The van der Waals surface area contributed by atoms with Gasteiger partial charge < -0.3 is 4.74 Å².